The molecule has 8 heteroatoms. The number of hydrogen-bond acceptors (Lipinski definition) is 2. The predicted molar refractivity (Wildman–Crippen MR) is 74.1 cm³/mol. The zero-order valence-electron chi connectivity index (χ0n) is 12.2. The molecule has 2 amide bonds. The lowest BCUT2D eigenvalue weighted by atomic mass is 9.96. The van der Waals surface area contributed by atoms with Crippen LogP contribution in [0.2, 0.25) is 0 Å². The molecule has 2 rings (SSSR count). The summed E-state index contributed by atoms with van der Waals surface area (Å²) in [5.41, 5.74) is 0.280. The Morgan fingerprint density at radius 3 is 2.48 bits per heavy atom. The Bertz CT molecular complexity index is 572. The standard InChI is InChI=1S/C15H16F4N2O2/c16-12-5-3-10(4-6-12)14(23)21-7-1-2-11(8-21)13(22)20-9-15(17,18)19/h3-6,11H,1-2,7-9H2,(H,20,22). The SMILES string of the molecule is O=C(NCC(F)(F)F)C1CCCN(C(=O)c2ccc(F)cc2)C1. The highest BCUT2D eigenvalue weighted by Gasteiger charge is 2.32. The zero-order chi connectivity index (χ0) is 17.0. The lowest BCUT2D eigenvalue weighted by molar-refractivity contribution is -0.141. The summed E-state index contributed by atoms with van der Waals surface area (Å²) < 4.78 is 49.3. The first-order valence-corrected chi connectivity index (χ1v) is 7.15. The summed E-state index contributed by atoms with van der Waals surface area (Å²) in [5, 5.41) is 1.85. The molecule has 1 aliphatic heterocycles. The van der Waals surface area contributed by atoms with E-state index in [0.29, 0.717) is 19.4 Å². The molecule has 1 aromatic carbocycles. The Morgan fingerprint density at radius 1 is 1.22 bits per heavy atom. The molecule has 1 atom stereocenters. The van der Waals surface area contributed by atoms with E-state index in [9.17, 15) is 27.2 Å². The van der Waals surface area contributed by atoms with Gasteiger partial charge in [0.1, 0.15) is 12.4 Å². The van der Waals surface area contributed by atoms with Crippen LogP contribution in [0.15, 0.2) is 24.3 Å². The van der Waals surface area contributed by atoms with E-state index in [1.54, 1.807) is 0 Å². The number of nitrogens with zero attached hydrogens (tertiary/aromatic N) is 1. The maximum Gasteiger partial charge on any atom is 0.405 e. The molecule has 0 saturated carbocycles. The maximum absolute atomic E-state index is 12.9. The molecule has 0 aromatic heterocycles. The van der Waals surface area contributed by atoms with Gasteiger partial charge in [0.05, 0.1) is 5.92 Å². The average Bonchev–Trinajstić information content (AvgIpc) is 2.52. The first-order valence-electron chi connectivity index (χ1n) is 7.15. The van der Waals surface area contributed by atoms with Crippen LogP contribution in [0.5, 0.6) is 0 Å². The number of carbonyl (C=O) groups is 2. The Labute approximate surface area is 130 Å². The Morgan fingerprint density at radius 2 is 1.87 bits per heavy atom. The highest BCUT2D eigenvalue weighted by molar-refractivity contribution is 5.94. The molecule has 0 bridgehead atoms. The maximum atomic E-state index is 12.9. The molecular formula is C15H16F4N2O2. The summed E-state index contributed by atoms with van der Waals surface area (Å²) in [4.78, 5) is 25.5. The van der Waals surface area contributed by atoms with Gasteiger partial charge in [0, 0.05) is 18.7 Å². The molecule has 0 aliphatic carbocycles. The molecule has 1 N–H and O–H groups in total. The van der Waals surface area contributed by atoms with Crippen LogP contribution < -0.4 is 5.32 Å². The van der Waals surface area contributed by atoms with Gasteiger partial charge in [-0.2, -0.15) is 13.2 Å². The van der Waals surface area contributed by atoms with Crippen LogP contribution in [0.3, 0.4) is 0 Å². The first kappa shape index (κ1) is 17.2. The molecule has 1 heterocycles. The van der Waals surface area contributed by atoms with Crippen LogP contribution in [0.25, 0.3) is 0 Å². The number of halogens is 4. The fraction of sp³-hybridized carbons (Fsp3) is 0.467. The number of amides is 2. The Kier molecular flexibility index (Phi) is 5.23. The number of carbonyl (C=O) groups excluding carboxylic acids is 2. The van der Waals surface area contributed by atoms with Gasteiger partial charge in [-0.15, -0.1) is 0 Å². The number of alkyl halides is 3. The quantitative estimate of drug-likeness (QED) is 0.864. The van der Waals surface area contributed by atoms with E-state index in [0.717, 1.165) is 12.1 Å². The molecule has 1 aliphatic rings. The lowest BCUT2D eigenvalue weighted by Crippen LogP contribution is -2.47. The smallest absolute Gasteiger partial charge is 0.347 e. The van der Waals surface area contributed by atoms with E-state index < -0.39 is 30.4 Å². The second-order valence-electron chi connectivity index (χ2n) is 5.43. The van der Waals surface area contributed by atoms with E-state index in [1.807, 2.05) is 5.32 Å². The summed E-state index contributed by atoms with van der Waals surface area (Å²) in [6.45, 7) is -0.909. The van der Waals surface area contributed by atoms with Crippen molar-refractivity contribution in [1.82, 2.24) is 10.2 Å². The summed E-state index contributed by atoms with van der Waals surface area (Å²) in [7, 11) is 0. The molecule has 1 unspecified atom stereocenters. The van der Waals surface area contributed by atoms with Crippen molar-refractivity contribution in [2.75, 3.05) is 19.6 Å². The minimum atomic E-state index is -4.46. The Hall–Kier alpha value is -2.12. The predicted octanol–water partition coefficient (Wildman–Crippen LogP) is 2.36. The van der Waals surface area contributed by atoms with Crippen LogP contribution in [0, 0.1) is 11.7 Å². The van der Waals surface area contributed by atoms with Crippen LogP contribution in [-0.2, 0) is 4.79 Å². The normalized spacial score (nSPS) is 18.6. The fourth-order valence-corrected chi connectivity index (χ4v) is 2.48. The van der Waals surface area contributed by atoms with E-state index in [4.69, 9.17) is 0 Å². The van der Waals surface area contributed by atoms with Crippen LogP contribution >= 0.6 is 0 Å². The minimum Gasteiger partial charge on any atom is -0.347 e. The van der Waals surface area contributed by atoms with Crippen molar-refractivity contribution in [3.63, 3.8) is 0 Å². The van der Waals surface area contributed by atoms with Crippen LogP contribution in [0.4, 0.5) is 17.6 Å². The number of nitrogens with one attached hydrogen (secondary N) is 1. The second kappa shape index (κ2) is 6.97. The van der Waals surface area contributed by atoms with Gasteiger partial charge in [-0.05, 0) is 37.1 Å². The van der Waals surface area contributed by atoms with E-state index >= 15 is 0 Å². The van der Waals surface area contributed by atoms with Crippen molar-refractivity contribution in [3.05, 3.63) is 35.6 Å². The molecule has 0 spiro atoms. The highest BCUT2D eigenvalue weighted by Crippen LogP contribution is 2.20. The van der Waals surface area contributed by atoms with E-state index in [-0.39, 0.29) is 18.0 Å². The summed E-state index contributed by atoms with van der Waals surface area (Å²) in [5.74, 6) is -2.21. The largest absolute Gasteiger partial charge is 0.405 e. The molecular weight excluding hydrogens is 316 g/mol. The number of rotatable bonds is 3. The molecule has 1 fully saturated rings. The fourth-order valence-electron chi connectivity index (χ4n) is 2.48. The molecule has 0 radical (unpaired) electrons. The van der Waals surface area contributed by atoms with Gasteiger partial charge in [-0.3, -0.25) is 9.59 Å². The average molecular weight is 332 g/mol. The van der Waals surface area contributed by atoms with Crippen LogP contribution in [-0.4, -0.2) is 42.5 Å². The highest BCUT2D eigenvalue weighted by atomic mass is 19.4. The third kappa shape index (κ3) is 4.94. The van der Waals surface area contributed by atoms with Crippen molar-refractivity contribution < 1.29 is 27.2 Å². The number of hydrogen-bond donors (Lipinski definition) is 1. The third-order valence-corrected chi connectivity index (χ3v) is 3.63. The number of piperidine rings is 1. The van der Waals surface area contributed by atoms with Gasteiger partial charge in [-0.25, -0.2) is 4.39 Å². The lowest BCUT2D eigenvalue weighted by Gasteiger charge is -2.32. The Balaban J connectivity index is 1.96. The third-order valence-electron chi connectivity index (χ3n) is 3.63. The van der Waals surface area contributed by atoms with Crippen molar-refractivity contribution in [2.24, 2.45) is 5.92 Å². The summed E-state index contributed by atoms with van der Waals surface area (Å²) >= 11 is 0. The second-order valence-corrected chi connectivity index (χ2v) is 5.43. The van der Waals surface area contributed by atoms with Gasteiger partial charge >= 0.3 is 6.18 Å². The molecule has 23 heavy (non-hydrogen) atoms. The summed E-state index contributed by atoms with van der Waals surface area (Å²) in [6, 6.07) is 4.99. The van der Waals surface area contributed by atoms with Crippen molar-refractivity contribution in [1.29, 1.82) is 0 Å². The zero-order valence-corrected chi connectivity index (χ0v) is 12.2. The van der Waals surface area contributed by atoms with Gasteiger partial charge in [0.15, 0.2) is 0 Å². The van der Waals surface area contributed by atoms with Gasteiger partial charge in [0.2, 0.25) is 5.91 Å². The van der Waals surface area contributed by atoms with Crippen molar-refractivity contribution in [2.45, 2.75) is 19.0 Å². The number of benzene rings is 1. The van der Waals surface area contributed by atoms with E-state index in [2.05, 4.69) is 0 Å². The molecule has 4 nitrogen and oxygen atoms in total. The van der Waals surface area contributed by atoms with Gasteiger partial charge in [0.25, 0.3) is 5.91 Å². The minimum absolute atomic E-state index is 0.0555. The molecule has 1 aromatic rings. The molecule has 126 valence electrons. The van der Waals surface area contributed by atoms with Crippen molar-refractivity contribution >= 4 is 11.8 Å². The van der Waals surface area contributed by atoms with Gasteiger partial charge < -0.3 is 10.2 Å². The summed E-state index contributed by atoms with van der Waals surface area (Å²) in [6.07, 6.45) is -3.51. The van der Waals surface area contributed by atoms with Gasteiger partial charge in [-0.1, -0.05) is 0 Å². The topological polar surface area (TPSA) is 49.4 Å². The van der Waals surface area contributed by atoms with Crippen LogP contribution in [0.1, 0.15) is 23.2 Å². The monoisotopic (exact) mass is 332 g/mol. The molecule has 1 saturated heterocycles. The van der Waals surface area contributed by atoms with Crippen molar-refractivity contribution in [3.8, 4) is 0 Å². The first-order chi connectivity index (χ1) is 10.8. The number of likely N-dealkylation sites (tertiary alicyclic amines) is 1. The van der Waals surface area contributed by atoms with E-state index in [1.165, 1.54) is 17.0 Å².